The van der Waals surface area contributed by atoms with Crippen molar-refractivity contribution in [1.29, 1.82) is 0 Å². The van der Waals surface area contributed by atoms with E-state index in [4.69, 9.17) is 5.73 Å². The molecule has 5 N–H and O–H groups in total. The summed E-state index contributed by atoms with van der Waals surface area (Å²) in [5, 5.41) is 5.65. The van der Waals surface area contributed by atoms with Gasteiger partial charge in [0.05, 0.1) is 12.5 Å². The molecular weight excluding hydrogens is 386 g/mol. The van der Waals surface area contributed by atoms with E-state index >= 15 is 0 Å². The molecule has 2 aromatic rings. The van der Waals surface area contributed by atoms with Gasteiger partial charge < -0.3 is 26.3 Å². The van der Waals surface area contributed by atoms with E-state index in [2.05, 4.69) is 20.5 Å². The fourth-order valence-corrected chi connectivity index (χ4v) is 3.68. The smallest absolute Gasteiger partial charge is 0.257 e. The van der Waals surface area contributed by atoms with E-state index in [0.29, 0.717) is 24.0 Å². The summed E-state index contributed by atoms with van der Waals surface area (Å²) in [5.74, 6) is -1.27. The molecule has 0 aliphatic carbocycles. The molecule has 0 bridgehead atoms. The van der Waals surface area contributed by atoms with Crippen molar-refractivity contribution in [3.63, 3.8) is 0 Å². The van der Waals surface area contributed by atoms with E-state index in [1.807, 2.05) is 0 Å². The summed E-state index contributed by atoms with van der Waals surface area (Å²) in [6.07, 6.45) is 3.87. The molecule has 9 heteroatoms. The van der Waals surface area contributed by atoms with Crippen LogP contribution in [0.1, 0.15) is 29.6 Å². The summed E-state index contributed by atoms with van der Waals surface area (Å²) < 4.78 is 0. The number of nitrogens with two attached hydrogens (primary N) is 1. The largest absolute Gasteiger partial charge is 0.369 e. The third-order valence-corrected chi connectivity index (χ3v) is 5.32. The lowest BCUT2D eigenvalue weighted by atomic mass is 9.97. The van der Waals surface area contributed by atoms with Crippen molar-refractivity contribution in [3.05, 3.63) is 46.2 Å². The Morgan fingerprint density at radius 3 is 2.80 bits per heavy atom. The van der Waals surface area contributed by atoms with Gasteiger partial charge in [0.1, 0.15) is 5.56 Å². The van der Waals surface area contributed by atoms with E-state index in [9.17, 15) is 19.2 Å². The molecule has 1 atom stereocenters. The van der Waals surface area contributed by atoms with E-state index in [0.717, 1.165) is 32.4 Å². The summed E-state index contributed by atoms with van der Waals surface area (Å²) >= 11 is 0. The number of carbonyl (C=O) groups excluding carboxylic acids is 3. The fourth-order valence-electron chi connectivity index (χ4n) is 3.68. The van der Waals surface area contributed by atoms with Gasteiger partial charge in [-0.25, -0.2) is 0 Å². The number of hydrogen-bond acceptors (Lipinski definition) is 5. The quantitative estimate of drug-likeness (QED) is 0.450. The standard InChI is InChI=1S/C21H27N5O4/c22-20(29)14-5-3-9-26(13-14)10-4-8-23-18(27)12-25-21(30)16-11-24-17-7-2-1-6-15(17)19(16)28/h1-2,6-7,11,14H,3-5,8-10,12-13H2,(H2,22,29)(H,23,27)(H,24,28)(H,25,30). The number of benzene rings is 1. The first-order chi connectivity index (χ1) is 14.5. The molecule has 1 aromatic heterocycles. The number of piperidine rings is 1. The van der Waals surface area contributed by atoms with Crippen LogP contribution in [-0.2, 0) is 9.59 Å². The zero-order valence-corrected chi connectivity index (χ0v) is 16.8. The Morgan fingerprint density at radius 2 is 2.00 bits per heavy atom. The minimum atomic E-state index is -0.594. The maximum atomic E-state index is 12.4. The highest BCUT2D eigenvalue weighted by Crippen LogP contribution is 2.15. The number of carbonyl (C=O) groups is 3. The summed E-state index contributed by atoms with van der Waals surface area (Å²) in [6, 6.07) is 6.92. The number of nitrogens with one attached hydrogen (secondary N) is 3. The number of hydrogen-bond donors (Lipinski definition) is 4. The summed E-state index contributed by atoms with van der Waals surface area (Å²) in [7, 11) is 0. The lowest BCUT2D eigenvalue weighted by molar-refractivity contribution is -0.123. The molecule has 1 aliphatic heterocycles. The van der Waals surface area contributed by atoms with Crippen molar-refractivity contribution in [2.45, 2.75) is 19.3 Å². The first kappa shape index (κ1) is 21.5. The molecule has 0 radical (unpaired) electrons. The molecule has 9 nitrogen and oxygen atoms in total. The molecule has 1 aliphatic rings. The van der Waals surface area contributed by atoms with Crippen LogP contribution < -0.4 is 21.8 Å². The van der Waals surface area contributed by atoms with Crippen molar-refractivity contribution in [2.75, 3.05) is 32.7 Å². The second-order valence-electron chi connectivity index (χ2n) is 7.51. The number of pyridine rings is 1. The molecule has 1 saturated heterocycles. The SMILES string of the molecule is NC(=O)C1CCCN(CCCNC(=O)CNC(=O)c2c[nH]c3ccccc3c2=O)C1. The molecule has 160 valence electrons. The highest BCUT2D eigenvalue weighted by molar-refractivity contribution is 5.98. The molecule has 0 spiro atoms. The van der Waals surface area contributed by atoms with Crippen LogP contribution in [0, 0.1) is 5.92 Å². The first-order valence-corrected chi connectivity index (χ1v) is 10.1. The third kappa shape index (κ3) is 5.44. The van der Waals surface area contributed by atoms with Gasteiger partial charge in [-0.2, -0.15) is 0 Å². The number of fused-ring (bicyclic) bond motifs is 1. The molecule has 2 heterocycles. The van der Waals surface area contributed by atoms with E-state index < -0.39 is 5.91 Å². The van der Waals surface area contributed by atoms with Gasteiger partial charge in [-0.3, -0.25) is 19.2 Å². The van der Waals surface area contributed by atoms with Gasteiger partial charge in [0.25, 0.3) is 5.91 Å². The number of rotatable bonds is 8. The van der Waals surface area contributed by atoms with Crippen LogP contribution in [0.5, 0.6) is 0 Å². The Bertz CT molecular complexity index is 987. The lowest BCUT2D eigenvalue weighted by Crippen LogP contribution is -2.42. The molecular formula is C21H27N5O4. The van der Waals surface area contributed by atoms with Gasteiger partial charge >= 0.3 is 0 Å². The minimum Gasteiger partial charge on any atom is -0.369 e. The number of H-pyrrole nitrogens is 1. The lowest BCUT2D eigenvalue weighted by Gasteiger charge is -2.31. The zero-order chi connectivity index (χ0) is 21.5. The number of likely N-dealkylation sites (tertiary alicyclic amines) is 1. The number of aromatic amines is 1. The van der Waals surface area contributed by atoms with Crippen LogP contribution in [0.4, 0.5) is 0 Å². The monoisotopic (exact) mass is 413 g/mol. The Balaban J connectivity index is 1.40. The van der Waals surface area contributed by atoms with Gasteiger partial charge in [0.15, 0.2) is 0 Å². The number of aromatic nitrogens is 1. The van der Waals surface area contributed by atoms with E-state index in [1.54, 1.807) is 24.3 Å². The average molecular weight is 413 g/mol. The number of nitrogens with zero attached hydrogens (tertiary/aromatic N) is 1. The van der Waals surface area contributed by atoms with E-state index in [1.165, 1.54) is 6.20 Å². The van der Waals surface area contributed by atoms with Gasteiger partial charge in [-0.1, -0.05) is 12.1 Å². The predicted octanol–water partition coefficient (Wildman–Crippen LogP) is -0.0385. The van der Waals surface area contributed by atoms with Crippen molar-refractivity contribution in [3.8, 4) is 0 Å². The molecule has 0 saturated carbocycles. The summed E-state index contributed by atoms with van der Waals surface area (Å²) in [6.45, 7) is 2.61. The van der Waals surface area contributed by atoms with Crippen molar-refractivity contribution < 1.29 is 14.4 Å². The number of primary amides is 1. The maximum absolute atomic E-state index is 12.4. The number of amides is 3. The Morgan fingerprint density at radius 1 is 1.20 bits per heavy atom. The second-order valence-corrected chi connectivity index (χ2v) is 7.51. The van der Waals surface area contributed by atoms with Crippen molar-refractivity contribution >= 4 is 28.6 Å². The average Bonchev–Trinajstić information content (AvgIpc) is 2.75. The van der Waals surface area contributed by atoms with Crippen LogP contribution in [0.25, 0.3) is 10.9 Å². The predicted molar refractivity (Wildman–Crippen MR) is 113 cm³/mol. The maximum Gasteiger partial charge on any atom is 0.257 e. The van der Waals surface area contributed by atoms with Crippen LogP contribution in [-0.4, -0.2) is 60.3 Å². The minimum absolute atomic E-state index is 0.0318. The third-order valence-electron chi connectivity index (χ3n) is 5.32. The summed E-state index contributed by atoms with van der Waals surface area (Å²) in [5.41, 5.74) is 5.62. The number of para-hydroxylation sites is 1. The molecule has 1 fully saturated rings. The van der Waals surface area contributed by atoms with Crippen LogP contribution in [0.15, 0.2) is 35.3 Å². The first-order valence-electron chi connectivity index (χ1n) is 10.1. The van der Waals surface area contributed by atoms with Gasteiger partial charge in [-0.05, 0) is 44.5 Å². The Labute approximate surface area is 174 Å². The Hall–Kier alpha value is -3.20. The second kappa shape index (κ2) is 10.0. The van der Waals surface area contributed by atoms with Gasteiger partial charge in [0, 0.05) is 30.2 Å². The van der Waals surface area contributed by atoms with Crippen LogP contribution in [0.2, 0.25) is 0 Å². The molecule has 1 aromatic carbocycles. The van der Waals surface area contributed by atoms with Crippen molar-refractivity contribution in [2.24, 2.45) is 11.7 Å². The van der Waals surface area contributed by atoms with Crippen LogP contribution >= 0.6 is 0 Å². The molecule has 3 rings (SSSR count). The van der Waals surface area contributed by atoms with Gasteiger partial charge in [-0.15, -0.1) is 0 Å². The fraction of sp³-hybridized carbons (Fsp3) is 0.429. The van der Waals surface area contributed by atoms with Gasteiger partial charge in [0.2, 0.25) is 17.2 Å². The highest BCUT2D eigenvalue weighted by Gasteiger charge is 2.23. The van der Waals surface area contributed by atoms with E-state index in [-0.39, 0.29) is 35.3 Å². The normalized spacial score (nSPS) is 16.9. The topological polar surface area (TPSA) is 137 Å². The molecule has 1 unspecified atom stereocenters. The highest BCUT2D eigenvalue weighted by atomic mass is 16.2. The molecule has 3 amide bonds. The zero-order valence-electron chi connectivity index (χ0n) is 16.8. The Kier molecular flexibility index (Phi) is 7.18. The molecule has 30 heavy (non-hydrogen) atoms. The van der Waals surface area contributed by atoms with Crippen LogP contribution in [0.3, 0.4) is 0 Å². The van der Waals surface area contributed by atoms with Crippen molar-refractivity contribution in [1.82, 2.24) is 20.5 Å². The summed E-state index contributed by atoms with van der Waals surface area (Å²) in [4.78, 5) is 53.1.